The van der Waals surface area contributed by atoms with E-state index in [0.29, 0.717) is 29.9 Å². The average molecular weight is 435 g/mol. The van der Waals surface area contributed by atoms with Crippen LogP contribution in [0.3, 0.4) is 0 Å². The number of nitrogens with zero attached hydrogens (tertiary/aromatic N) is 4. The Balaban J connectivity index is 1.76. The molecule has 0 saturated heterocycles. The first-order valence-electron chi connectivity index (χ1n) is 9.78. The summed E-state index contributed by atoms with van der Waals surface area (Å²) in [5.41, 5.74) is 0.928. The van der Waals surface area contributed by atoms with Gasteiger partial charge in [0.25, 0.3) is 5.56 Å². The van der Waals surface area contributed by atoms with Crippen LogP contribution in [0.25, 0.3) is 17.2 Å². The molecule has 1 amide bonds. The van der Waals surface area contributed by atoms with Gasteiger partial charge in [0.05, 0.1) is 6.42 Å². The maximum Gasteiger partial charge on any atom is 0.279 e. The SMILES string of the molecule is C=CCn1c(C)c(CC(=O)Nc2cc(F)cc(F)c2)c(=O)n2nc(-c3ccccc3)nc12. The minimum absolute atomic E-state index is 0.0373. The number of allylic oxidation sites excluding steroid dienone is 1. The van der Waals surface area contributed by atoms with Gasteiger partial charge < -0.3 is 9.88 Å². The van der Waals surface area contributed by atoms with Crippen molar-refractivity contribution < 1.29 is 13.6 Å². The number of carbonyl (C=O) groups excluding carboxylic acids is 1. The molecule has 0 atom stereocenters. The Morgan fingerprint density at radius 2 is 1.84 bits per heavy atom. The normalized spacial score (nSPS) is 11.0. The van der Waals surface area contributed by atoms with Crippen LogP contribution in [-0.4, -0.2) is 25.1 Å². The minimum Gasteiger partial charge on any atom is -0.326 e. The summed E-state index contributed by atoms with van der Waals surface area (Å²) in [6.45, 7) is 5.79. The van der Waals surface area contributed by atoms with Gasteiger partial charge in [-0.1, -0.05) is 36.4 Å². The molecular formula is C23H19F2N5O2. The van der Waals surface area contributed by atoms with Crippen molar-refractivity contribution in [3.05, 3.63) is 94.4 Å². The molecule has 0 unspecified atom stereocenters. The first kappa shape index (κ1) is 21.1. The lowest BCUT2D eigenvalue weighted by atomic mass is 10.1. The van der Waals surface area contributed by atoms with E-state index in [1.807, 2.05) is 30.3 Å². The van der Waals surface area contributed by atoms with E-state index in [4.69, 9.17) is 0 Å². The fourth-order valence-electron chi connectivity index (χ4n) is 3.46. The van der Waals surface area contributed by atoms with Crippen LogP contribution in [0.2, 0.25) is 0 Å². The largest absolute Gasteiger partial charge is 0.326 e. The van der Waals surface area contributed by atoms with Gasteiger partial charge in [-0.25, -0.2) is 8.78 Å². The number of rotatable bonds is 6. The molecule has 4 rings (SSSR count). The van der Waals surface area contributed by atoms with Crippen molar-refractivity contribution in [3.63, 3.8) is 0 Å². The third-order valence-corrected chi connectivity index (χ3v) is 4.95. The van der Waals surface area contributed by atoms with Crippen LogP contribution in [0, 0.1) is 18.6 Å². The molecular weight excluding hydrogens is 416 g/mol. The van der Waals surface area contributed by atoms with Gasteiger partial charge >= 0.3 is 0 Å². The van der Waals surface area contributed by atoms with E-state index < -0.39 is 23.1 Å². The number of fused-ring (bicyclic) bond motifs is 1. The zero-order valence-corrected chi connectivity index (χ0v) is 17.2. The Kier molecular flexibility index (Phi) is 5.63. The fourth-order valence-corrected chi connectivity index (χ4v) is 3.46. The van der Waals surface area contributed by atoms with Gasteiger partial charge in [0.15, 0.2) is 5.82 Å². The molecule has 2 aromatic carbocycles. The summed E-state index contributed by atoms with van der Waals surface area (Å²) in [6.07, 6.45) is 1.34. The quantitative estimate of drug-likeness (QED) is 0.470. The first-order valence-corrected chi connectivity index (χ1v) is 9.78. The van der Waals surface area contributed by atoms with E-state index in [1.165, 1.54) is 0 Å². The number of carbonyl (C=O) groups is 1. The number of halogens is 2. The molecule has 7 nitrogen and oxygen atoms in total. The lowest BCUT2D eigenvalue weighted by Gasteiger charge is -2.14. The van der Waals surface area contributed by atoms with Gasteiger partial charge in [0.2, 0.25) is 11.7 Å². The molecule has 0 aliphatic rings. The third-order valence-electron chi connectivity index (χ3n) is 4.95. The zero-order chi connectivity index (χ0) is 22.8. The van der Waals surface area contributed by atoms with Crippen LogP contribution >= 0.6 is 0 Å². The van der Waals surface area contributed by atoms with E-state index in [0.717, 1.165) is 22.2 Å². The molecule has 9 heteroatoms. The Bertz CT molecular complexity index is 1370. The highest BCUT2D eigenvalue weighted by Crippen LogP contribution is 2.18. The molecule has 32 heavy (non-hydrogen) atoms. The summed E-state index contributed by atoms with van der Waals surface area (Å²) >= 11 is 0. The lowest BCUT2D eigenvalue weighted by Crippen LogP contribution is -2.29. The Morgan fingerprint density at radius 3 is 2.50 bits per heavy atom. The number of amides is 1. The molecule has 0 fully saturated rings. The molecule has 0 aliphatic heterocycles. The molecule has 4 aromatic rings. The predicted molar refractivity (Wildman–Crippen MR) is 116 cm³/mol. The molecule has 2 heterocycles. The van der Waals surface area contributed by atoms with Crippen LogP contribution in [-0.2, 0) is 17.8 Å². The van der Waals surface area contributed by atoms with Crippen molar-refractivity contribution in [2.45, 2.75) is 19.9 Å². The number of aromatic nitrogens is 4. The highest BCUT2D eigenvalue weighted by molar-refractivity contribution is 5.92. The third kappa shape index (κ3) is 4.04. The van der Waals surface area contributed by atoms with Crippen LogP contribution in [0.4, 0.5) is 14.5 Å². The number of hydrogen-bond donors (Lipinski definition) is 1. The molecule has 0 spiro atoms. The monoisotopic (exact) mass is 435 g/mol. The van der Waals surface area contributed by atoms with E-state index in [1.54, 1.807) is 17.6 Å². The Hall–Kier alpha value is -4.14. The maximum absolute atomic E-state index is 13.4. The van der Waals surface area contributed by atoms with Crippen LogP contribution in [0.5, 0.6) is 0 Å². The topological polar surface area (TPSA) is 81.3 Å². The van der Waals surface area contributed by atoms with Crippen molar-refractivity contribution in [1.82, 2.24) is 19.2 Å². The molecule has 2 aromatic heterocycles. The van der Waals surface area contributed by atoms with Gasteiger partial charge in [-0.15, -0.1) is 11.7 Å². The van der Waals surface area contributed by atoms with Crippen LogP contribution in [0.15, 0.2) is 66.0 Å². The lowest BCUT2D eigenvalue weighted by molar-refractivity contribution is -0.115. The van der Waals surface area contributed by atoms with Crippen molar-refractivity contribution >= 4 is 17.4 Å². The van der Waals surface area contributed by atoms with Gasteiger partial charge in [-0.3, -0.25) is 9.59 Å². The standard InChI is InChI=1S/C23H19F2N5O2/c1-3-9-29-14(2)19(13-20(31)26-18-11-16(24)10-17(25)12-18)22(32)30-23(29)27-21(28-30)15-7-5-4-6-8-15/h3-8,10-12H,1,9,13H2,2H3,(H,26,31). The highest BCUT2D eigenvalue weighted by atomic mass is 19.1. The second kappa shape index (κ2) is 8.54. The summed E-state index contributed by atoms with van der Waals surface area (Å²) in [6, 6.07) is 11.9. The Labute approximate surface area is 181 Å². The van der Waals surface area contributed by atoms with E-state index in [9.17, 15) is 18.4 Å². The molecule has 162 valence electrons. The summed E-state index contributed by atoms with van der Waals surface area (Å²) in [5, 5.41) is 6.77. The molecule has 0 aliphatic carbocycles. The minimum atomic E-state index is -0.817. The highest BCUT2D eigenvalue weighted by Gasteiger charge is 2.20. The Morgan fingerprint density at radius 1 is 1.16 bits per heavy atom. The summed E-state index contributed by atoms with van der Waals surface area (Å²) in [7, 11) is 0. The summed E-state index contributed by atoms with van der Waals surface area (Å²) in [4.78, 5) is 30.3. The van der Waals surface area contributed by atoms with Crippen molar-refractivity contribution in [1.29, 1.82) is 0 Å². The number of benzene rings is 2. The van der Waals surface area contributed by atoms with Gasteiger partial charge in [-0.2, -0.15) is 9.50 Å². The second-order valence-electron chi connectivity index (χ2n) is 7.16. The number of anilines is 1. The van der Waals surface area contributed by atoms with E-state index in [-0.39, 0.29) is 17.7 Å². The predicted octanol–water partition coefficient (Wildman–Crippen LogP) is 3.51. The zero-order valence-electron chi connectivity index (χ0n) is 17.2. The van der Waals surface area contributed by atoms with Crippen molar-refractivity contribution in [2.75, 3.05) is 5.32 Å². The van der Waals surface area contributed by atoms with Gasteiger partial charge in [0.1, 0.15) is 11.6 Å². The maximum atomic E-state index is 13.4. The molecule has 0 bridgehead atoms. The van der Waals surface area contributed by atoms with Crippen molar-refractivity contribution in [2.24, 2.45) is 0 Å². The smallest absolute Gasteiger partial charge is 0.279 e. The average Bonchev–Trinajstić information content (AvgIpc) is 3.20. The fraction of sp³-hybridized carbons (Fsp3) is 0.130. The molecule has 0 saturated carbocycles. The summed E-state index contributed by atoms with van der Waals surface area (Å²) < 4.78 is 29.7. The van der Waals surface area contributed by atoms with Crippen LogP contribution < -0.4 is 10.9 Å². The molecule has 1 N–H and O–H groups in total. The van der Waals surface area contributed by atoms with Crippen LogP contribution in [0.1, 0.15) is 11.3 Å². The first-order chi connectivity index (χ1) is 15.4. The second-order valence-corrected chi connectivity index (χ2v) is 7.16. The van der Waals surface area contributed by atoms with Gasteiger partial charge in [0, 0.05) is 35.1 Å². The molecule has 0 radical (unpaired) electrons. The van der Waals surface area contributed by atoms with E-state index in [2.05, 4.69) is 22.0 Å². The number of hydrogen-bond acceptors (Lipinski definition) is 4. The van der Waals surface area contributed by atoms with Crippen molar-refractivity contribution in [3.8, 4) is 11.4 Å². The summed E-state index contributed by atoms with van der Waals surface area (Å²) in [5.74, 6) is -1.54. The van der Waals surface area contributed by atoms with E-state index >= 15 is 0 Å². The van der Waals surface area contributed by atoms with Gasteiger partial charge in [-0.05, 0) is 19.1 Å². The number of nitrogens with one attached hydrogen (secondary N) is 1.